The van der Waals surface area contributed by atoms with Crippen LogP contribution >= 0.6 is 0 Å². The van der Waals surface area contributed by atoms with Crippen LogP contribution in [0, 0.1) is 0 Å². The maximum atomic E-state index is 5.82. The summed E-state index contributed by atoms with van der Waals surface area (Å²) >= 11 is 0. The van der Waals surface area contributed by atoms with E-state index in [0.717, 1.165) is 24.3 Å². The van der Waals surface area contributed by atoms with E-state index in [1.807, 2.05) is 24.3 Å². The van der Waals surface area contributed by atoms with Gasteiger partial charge in [-0.05, 0) is 24.1 Å². The van der Waals surface area contributed by atoms with Crippen molar-refractivity contribution in [3.05, 3.63) is 29.8 Å². The molecule has 0 radical (unpaired) electrons. The van der Waals surface area contributed by atoms with E-state index in [1.54, 1.807) is 0 Å². The highest BCUT2D eigenvalue weighted by atomic mass is 16.5. The van der Waals surface area contributed by atoms with E-state index in [0.29, 0.717) is 0 Å². The number of hydrogen-bond donors (Lipinski definition) is 3. The van der Waals surface area contributed by atoms with E-state index in [9.17, 15) is 0 Å². The van der Waals surface area contributed by atoms with Gasteiger partial charge in [-0.3, -0.25) is 5.84 Å². The first-order valence-corrected chi connectivity index (χ1v) is 8.22. The Labute approximate surface area is 129 Å². The Morgan fingerprint density at radius 3 is 2.38 bits per heavy atom. The van der Waals surface area contributed by atoms with Crippen LogP contribution in [-0.4, -0.2) is 6.61 Å². The third kappa shape index (κ3) is 8.05. The molecule has 0 spiro atoms. The van der Waals surface area contributed by atoms with Crippen LogP contribution in [0.5, 0.6) is 5.75 Å². The number of unbranched alkanes of at least 4 members (excludes halogenated alkanes) is 7. The molecule has 0 aromatic heterocycles. The predicted molar refractivity (Wildman–Crippen MR) is 88.8 cm³/mol. The fraction of sp³-hybridized carbons (Fsp3) is 0.647. The lowest BCUT2D eigenvalue weighted by Crippen LogP contribution is -2.34. The summed E-state index contributed by atoms with van der Waals surface area (Å²) in [6.07, 6.45) is 10.1. The molecule has 21 heavy (non-hydrogen) atoms. The maximum Gasteiger partial charge on any atom is 0.119 e. The second-order valence-corrected chi connectivity index (χ2v) is 5.54. The Hall–Kier alpha value is -1.10. The van der Waals surface area contributed by atoms with Gasteiger partial charge in [0, 0.05) is 0 Å². The highest BCUT2D eigenvalue weighted by Gasteiger charge is 2.04. The van der Waals surface area contributed by atoms with Crippen LogP contribution in [0.3, 0.4) is 0 Å². The Balaban J connectivity index is 2.10. The number of hydrogen-bond acceptors (Lipinski definition) is 4. The molecule has 0 amide bonds. The third-order valence-corrected chi connectivity index (χ3v) is 3.66. The van der Waals surface area contributed by atoms with Crippen molar-refractivity contribution in [2.75, 3.05) is 6.61 Å². The van der Waals surface area contributed by atoms with Crippen LogP contribution in [0.15, 0.2) is 24.3 Å². The van der Waals surface area contributed by atoms with Crippen LogP contribution in [0.25, 0.3) is 0 Å². The molecule has 1 aromatic rings. The summed E-state index contributed by atoms with van der Waals surface area (Å²) in [5, 5.41) is 0. The molecule has 1 rings (SSSR count). The zero-order valence-electron chi connectivity index (χ0n) is 13.3. The summed E-state index contributed by atoms with van der Waals surface area (Å²) in [5.41, 5.74) is 9.29. The molecule has 0 aliphatic heterocycles. The van der Waals surface area contributed by atoms with E-state index in [2.05, 4.69) is 12.3 Å². The van der Waals surface area contributed by atoms with Gasteiger partial charge in [-0.1, -0.05) is 64.0 Å². The second-order valence-electron chi connectivity index (χ2n) is 5.54. The number of benzene rings is 1. The fourth-order valence-electron chi connectivity index (χ4n) is 2.32. The summed E-state index contributed by atoms with van der Waals surface area (Å²) in [6.45, 7) is 3.02. The largest absolute Gasteiger partial charge is 0.494 e. The molecule has 0 saturated carbocycles. The molecular formula is C17H31N3O. The minimum Gasteiger partial charge on any atom is -0.494 e. The molecule has 1 unspecified atom stereocenters. The Kier molecular flexibility index (Phi) is 9.87. The highest BCUT2D eigenvalue weighted by Crippen LogP contribution is 2.17. The van der Waals surface area contributed by atoms with E-state index in [1.165, 1.54) is 44.9 Å². The summed E-state index contributed by atoms with van der Waals surface area (Å²) in [6, 6.07) is 7.77. The highest BCUT2D eigenvalue weighted by molar-refractivity contribution is 5.30. The molecule has 4 heteroatoms. The summed E-state index contributed by atoms with van der Waals surface area (Å²) in [7, 11) is 0. The molecule has 4 nitrogen and oxygen atoms in total. The van der Waals surface area contributed by atoms with Crippen LogP contribution in [0.4, 0.5) is 0 Å². The quantitative estimate of drug-likeness (QED) is 0.238. The first kappa shape index (κ1) is 18.0. The molecule has 5 N–H and O–H groups in total. The normalized spacial score (nSPS) is 12.3. The summed E-state index contributed by atoms with van der Waals surface area (Å²) < 4.78 is 5.76. The SMILES string of the molecule is CCCCCCCCCCOc1cccc(C(N)NN)c1. The standard InChI is InChI=1S/C17H31N3O/c1-2-3-4-5-6-7-8-9-13-21-16-12-10-11-15(14-16)17(18)20-19/h10-12,14,17,20H,2-9,13,18-19H2,1H3. The minimum atomic E-state index is -0.350. The molecule has 0 aliphatic rings. The van der Waals surface area contributed by atoms with Gasteiger partial charge in [-0.25, -0.2) is 5.43 Å². The second kappa shape index (κ2) is 11.5. The number of rotatable bonds is 12. The van der Waals surface area contributed by atoms with E-state index in [4.69, 9.17) is 16.3 Å². The molecule has 0 heterocycles. The molecular weight excluding hydrogens is 262 g/mol. The Morgan fingerprint density at radius 2 is 1.71 bits per heavy atom. The van der Waals surface area contributed by atoms with Crippen molar-refractivity contribution in [1.29, 1.82) is 0 Å². The average molecular weight is 293 g/mol. The number of nitrogens with two attached hydrogens (primary N) is 2. The van der Waals surface area contributed by atoms with Crippen molar-refractivity contribution in [1.82, 2.24) is 5.43 Å². The maximum absolute atomic E-state index is 5.82. The van der Waals surface area contributed by atoms with Crippen molar-refractivity contribution >= 4 is 0 Å². The van der Waals surface area contributed by atoms with Crippen molar-refractivity contribution in [3.8, 4) is 5.75 Å². The molecule has 0 saturated heterocycles. The topological polar surface area (TPSA) is 73.3 Å². The van der Waals surface area contributed by atoms with Crippen molar-refractivity contribution in [2.45, 2.75) is 64.5 Å². The zero-order valence-corrected chi connectivity index (χ0v) is 13.3. The van der Waals surface area contributed by atoms with Crippen LogP contribution in [0.2, 0.25) is 0 Å². The van der Waals surface area contributed by atoms with Crippen molar-refractivity contribution in [3.63, 3.8) is 0 Å². The molecule has 1 aromatic carbocycles. The van der Waals surface area contributed by atoms with Gasteiger partial charge in [0.15, 0.2) is 0 Å². The smallest absolute Gasteiger partial charge is 0.119 e. The summed E-state index contributed by atoms with van der Waals surface area (Å²) in [5.74, 6) is 6.20. The Morgan fingerprint density at radius 1 is 1.05 bits per heavy atom. The van der Waals surface area contributed by atoms with Gasteiger partial charge in [0.2, 0.25) is 0 Å². The van der Waals surface area contributed by atoms with Gasteiger partial charge in [0.25, 0.3) is 0 Å². The number of ether oxygens (including phenoxy) is 1. The third-order valence-electron chi connectivity index (χ3n) is 3.66. The Bertz CT molecular complexity index is 371. The van der Waals surface area contributed by atoms with Crippen LogP contribution < -0.4 is 21.7 Å². The van der Waals surface area contributed by atoms with Gasteiger partial charge >= 0.3 is 0 Å². The first-order valence-electron chi connectivity index (χ1n) is 8.22. The minimum absolute atomic E-state index is 0.350. The molecule has 0 bridgehead atoms. The van der Waals surface area contributed by atoms with Gasteiger partial charge < -0.3 is 10.5 Å². The first-order chi connectivity index (χ1) is 10.3. The summed E-state index contributed by atoms with van der Waals surface area (Å²) in [4.78, 5) is 0. The average Bonchev–Trinajstić information content (AvgIpc) is 2.53. The molecule has 1 atom stereocenters. The van der Waals surface area contributed by atoms with Crippen LogP contribution in [-0.2, 0) is 0 Å². The fourth-order valence-corrected chi connectivity index (χ4v) is 2.32. The molecule has 0 fully saturated rings. The van der Waals surface area contributed by atoms with E-state index >= 15 is 0 Å². The number of nitrogens with one attached hydrogen (secondary N) is 1. The van der Waals surface area contributed by atoms with Crippen molar-refractivity contribution < 1.29 is 4.74 Å². The molecule has 120 valence electrons. The number of hydrazine groups is 1. The lowest BCUT2D eigenvalue weighted by atomic mass is 10.1. The lowest BCUT2D eigenvalue weighted by molar-refractivity contribution is 0.303. The lowest BCUT2D eigenvalue weighted by Gasteiger charge is -2.12. The van der Waals surface area contributed by atoms with E-state index < -0.39 is 0 Å². The van der Waals surface area contributed by atoms with Crippen LogP contribution in [0.1, 0.15) is 70.0 Å². The van der Waals surface area contributed by atoms with Gasteiger partial charge in [0.1, 0.15) is 5.75 Å². The molecule has 0 aliphatic carbocycles. The predicted octanol–water partition coefficient (Wildman–Crippen LogP) is 3.63. The monoisotopic (exact) mass is 293 g/mol. The van der Waals surface area contributed by atoms with Crippen molar-refractivity contribution in [2.24, 2.45) is 11.6 Å². The van der Waals surface area contributed by atoms with E-state index in [-0.39, 0.29) is 6.17 Å². The van der Waals surface area contributed by atoms with Gasteiger partial charge in [-0.2, -0.15) is 0 Å². The zero-order chi connectivity index (χ0) is 15.3. The van der Waals surface area contributed by atoms with Gasteiger partial charge in [-0.15, -0.1) is 0 Å². The van der Waals surface area contributed by atoms with Gasteiger partial charge in [0.05, 0.1) is 12.8 Å².